The van der Waals surface area contributed by atoms with E-state index in [0.717, 1.165) is 17.4 Å². The van der Waals surface area contributed by atoms with Gasteiger partial charge in [-0.2, -0.15) is 0 Å². The Kier molecular flexibility index (Phi) is 10.1. The van der Waals surface area contributed by atoms with Gasteiger partial charge in [0.25, 0.3) is 0 Å². The van der Waals surface area contributed by atoms with E-state index in [2.05, 4.69) is 5.32 Å². The van der Waals surface area contributed by atoms with Crippen LogP contribution >= 0.6 is 0 Å². The molecule has 1 atom stereocenters. The van der Waals surface area contributed by atoms with E-state index in [1.165, 1.54) is 4.31 Å². The number of nitrogens with one attached hydrogen (secondary N) is 1. The second kappa shape index (κ2) is 12.6. The summed E-state index contributed by atoms with van der Waals surface area (Å²) in [7, 11) is -3.49. The van der Waals surface area contributed by atoms with Gasteiger partial charge in [-0.3, -0.25) is 13.9 Å². The van der Waals surface area contributed by atoms with Crippen LogP contribution in [-0.4, -0.2) is 50.5 Å². The van der Waals surface area contributed by atoms with Crippen LogP contribution in [0.2, 0.25) is 0 Å². The van der Waals surface area contributed by atoms with Crippen molar-refractivity contribution in [2.24, 2.45) is 5.92 Å². The molecular weight excluding hydrogens is 450 g/mol. The van der Waals surface area contributed by atoms with E-state index in [9.17, 15) is 18.0 Å². The Labute approximate surface area is 204 Å². The zero-order valence-corrected chi connectivity index (χ0v) is 21.6. The average Bonchev–Trinajstić information content (AvgIpc) is 2.78. The van der Waals surface area contributed by atoms with Crippen LogP contribution in [0.1, 0.15) is 44.7 Å². The van der Waals surface area contributed by atoms with Crippen molar-refractivity contribution in [2.75, 3.05) is 23.7 Å². The number of nitrogens with zero attached hydrogens (tertiary/aromatic N) is 2. The fraction of sp³-hybridized carbons (Fsp3) is 0.462. The fourth-order valence-electron chi connectivity index (χ4n) is 3.60. The van der Waals surface area contributed by atoms with Gasteiger partial charge < -0.3 is 10.2 Å². The Hall–Kier alpha value is -2.87. The van der Waals surface area contributed by atoms with Gasteiger partial charge in [-0.05, 0) is 49.4 Å². The highest BCUT2D eigenvalue weighted by atomic mass is 32.2. The molecule has 0 saturated heterocycles. The summed E-state index contributed by atoms with van der Waals surface area (Å²) in [6.07, 6.45) is 1.63. The molecule has 0 aliphatic carbocycles. The van der Waals surface area contributed by atoms with Gasteiger partial charge in [0.15, 0.2) is 0 Å². The number of amides is 2. The molecule has 0 bridgehead atoms. The minimum Gasteiger partial charge on any atom is -0.354 e. The summed E-state index contributed by atoms with van der Waals surface area (Å²) in [5.41, 5.74) is 2.58. The lowest BCUT2D eigenvalue weighted by Gasteiger charge is -2.30. The number of anilines is 1. The summed E-state index contributed by atoms with van der Waals surface area (Å²) in [5, 5.41) is 2.91. The fourth-order valence-corrected chi connectivity index (χ4v) is 4.57. The first kappa shape index (κ1) is 27.4. The van der Waals surface area contributed by atoms with Crippen LogP contribution in [0.3, 0.4) is 0 Å². The summed E-state index contributed by atoms with van der Waals surface area (Å²) >= 11 is 0. The molecule has 7 nitrogen and oxygen atoms in total. The molecule has 0 aromatic heterocycles. The molecule has 2 rings (SSSR count). The summed E-state index contributed by atoms with van der Waals surface area (Å²) < 4.78 is 26.0. The molecule has 186 valence electrons. The first-order chi connectivity index (χ1) is 16.0. The number of aryl methyl sites for hydroxylation is 1. The van der Waals surface area contributed by atoms with Crippen molar-refractivity contribution < 1.29 is 18.0 Å². The van der Waals surface area contributed by atoms with E-state index in [-0.39, 0.29) is 24.8 Å². The molecule has 0 radical (unpaired) electrons. The zero-order valence-electron chi connectivity index (χ0n) is 20.8. The van der Waals surface area contributed by atoms with Gasteiger partial charge in [-0.15, -0.1) is 0 Å². The van der Waals surface area contributed by atoms with Crippen LogP contribution in [0.5, 0.6) is 0 Å². The monoisotopic (exact) mass is 487 g/mol. The Morgan fingerprint density at radius 2 is 1.59 bits per heavy atom. The largest absolute Gasteiger partial charge is 0.354 e. The summed E-state index contributed by atoms with van der Waals surface area (Å²) in [6, 6.07) is 16.0. The smallest absolute Gasteiger partial charge is 0.242 e. The van der Waals surface area contributed by atoms with Crippen LogP contribution in [0.15, 0.2) is 54.6 Å². The van der Waals surface area contributed by atoms with Crippen LogP contribution in [0.4, 0.5) is 5.69 Å². The number of benzene rings is 2. The standard InChI is InChI=1S/C26H37N3O4S/c1-20(2)18-27-26(31)22(4)28(19-23-13-10-9-12-21(23)3)25(30)16-11-17-29(34(5,32)33)24-14-7-6-8-15-24/h6-10,12-15,20,22H,11,16-19H2,1-5H3,(H,27,31)/t22-/m1/s1. The molecule has 1 N–H and O–H groups in total. The number of hydrogen-bond donors (Lipinski definition) is 1. The molecule has 0 fully saturated rings. The van der Waals surface area contributed by atoms with Crippen molar-refractivity contribution in [3.8, 4) is 0 Å². The molecule has 0 saturated carbocycles. The van der Waals surface area contributed by atoms with Gasteiger partial charge in [0, 0.05) is 26.1 Å². The highest BCUT2D eigenvalue weighted by molar-refractivity contribution is 7.92. The predicted molar refractivity (Wildman–Crippen MR) is 137 cm³/mol. The molecule has 34 heavy (non-hydrogen) atoms. The van der Waals surface area contributed by atoms with Gasteiger partial charge in [0.1, 0.15) is 6.04 Å². The van der Waals surface area contributed by atoms with Crippen molar-refractivity contribution in [2.45, 2.75) is 53.1 Å². The first-order valence-corrected chi connectivity index (χ1v) is 13.5. The number of carbonyl (C=O) groups is 2. The van der Waals surface area contributed by atoms with Gasteiger partial charge in [-0.1, -0.05) is 56.3 Å². The SMILES string of the molecule is Cc1ccccc1CN(C(=O)CCCN(c1ccccc1)S(C)(=O)=O)[C@H](C)C(=O)NCC(C)C. The molecule has 0 aliphatic rings. The Morgan fingerprint density at radius 3 is 2.18 bits per heavy atom. The summed E-state index contributed by atoms with van der Waals surface area (Å²) in [5.74, 6) is -0.0775. The van der Waals surface area contributed by atoms with Crippen LogP contribution < -0.4 is 9.62 Å². The lowest BCUT2D eigenvalue weighted by molar-refractivity contribution is -0.140. The van der Waals surface area contributed by atoms with E-state index in [0.29, 0.717) is 31.1 Å². The average molecular weight is 488 g/mol. The van der Waals surface area contributed by atoms with E-state index in [4.69, 9.17) is 0 Å². The van der Waals surface area contributed by atoms with Gasteiger partial charge >= 0.3 is 0 Å². The van der Waals surface area contributed by atoms with Crippen LogP contribution in [0, 0.1) is 12.8 Å². The maximum atomic E-state index is 13.3. The highest BCUT2D eigenvalue weighted by Gasteiger charge is 2.27. The molecule has 2 aromatic rings. The zero-order chi connectivity index (χ0) is 25.3. The predicted octanol–water partition coefficient (Wildman–Crippen LogP) is 3.73. The Morgan fingerprint density at radius 1 is 0.971 bits per heavy atom. The molecule has 0 unspecified atom stereocenters. The van der Waals surface area contributed by atoms with E-state index >= 15 is 0 Å². The summed E-state index contributed by atoms with van der Waals surface area (Å²) in [6.45, 7) is 8.78. The highest BCUT2D eigenvalue weighted by Crippen LogP contribution is 2.19. The van der Waals surface area contributed by atoms with Crippen molar-refractivity contribution in [1.82, 2.24) is 10.2 Å². The second-order valence-corrected chi connectivity index (χ2v) is 10.9. The molecule has 2 aromatic carbocycles. The first-order valence-electron chi connectivity index (χ1n) is 11.6. The van der Waals surface area contributed by atoms with Crippen LogP contribution in [0.25, 0.3) is 0 Å². The quantitative estimate of drug-likeness (QED) is 0.494. The molecule has 8 heteroatoms. The van der Waals surface area contributed by atoms with Crippen molar-refractivity contribution in [3.63, 3.8) is 0 Å². The molecule has 0 aliphatic heterocycles. The van der Waals surface area contributed by atoms with Gasteiger partial charge in [0.2, 0.25) is 21.8 Å². The minimum atomic E-state index is -3.49. The molecule has 0 heterocycles. The van der Waals surface area contributed by atoms with Crippen molar-refractivity contribution in [3.05, 3.63) is 65.7 Å². The third kappa shape index (κ3) is 8.17. The van der Waals surface area contributed by atoms with Gasteiger partial charge in [0.05, 0.1) is 11.9 Å². The number of carbonyl (C=O) groups excluding carboxylic acids is 2. The molecule has 2 amide bonds. The maximum Gasteiger partial charge on any atom is 0.242 e. The maximum absolute atomic E-state index is 13.3. The van der Waals surface area contributed by atoms with E-state index in [1.807, 2.05) is 51.1 Å². The van der Waals surface area contributed by atoms with Gasteiger partial charge in [-0.25, -0.2) is 8.42 Å². The normalized spacial score (nSPS) is 12.3. The van der Waals surface area contributed by atoms with Crippen molar-refractivity contribution in [1.29, 1.82) is 0 Å². The number of rotatable bonds is 12. The lowest BCUT2D eigenvalue weighted by atomic mass is 10.1. The Bertz CT molecular complexity index is 1050. The van der Waals surface area contributed by atoms with Crippen LogP contribution in [-0.2, 0) is 26.2 Å². The third-order valence-electron chi connectivity index (χ3n) is 5.65. The molecular formula is C26H37N3O4S. The molecule has 0 spiro atoms. The number of hydrogen-bond acceptors (Lipinski definition) is 4. The number of sulfonamides is 1. The minimum absolute atomic E-state index is 0.131. The van der Waals surface area contributed by atoms with E-state index in [1.54, 1.807) is 36.1 Å². The second-order valence-electron chi connectivity index (χ2n) is 9.04. The van der Waals surface area contributed by atoms with Crippen molar-refractivity contribution >= 4 is 27.5 Å². The lowest BCUT2D eigenvalue weighted by Crippen LogP contribution is -2.48. The van der Waals surface area contributed by atoms with E-state index < -0.39 is 16.1 Å². The number of para-hydroxylation sites is 1. The topological polar surface area (TPSA) is 86.8 Å². The summed E-state index contributed by atoms with van der Waals surface area (Å²) in [4.78, 5) is 27.7. The third-order valence-corrected chi connectivity index (χ3v) is 6.84. The Balaban J connectivity index is 2.15.